The summed E-state index contributed by atoms with van der Waals surface area (Å²) in [7, 11) is -5.08. The third-order valence-electron chi connectivity index (χ3n) is 12.1. The van der Waals surface area contributed by atoms with Crippen molar-refractivity contribution in [2.75, 3.05) is 13.2 Å². The number of allylic oxidation sites excluding steroid dienone is 1. The quantitative estimate of drug-likeness (QED) is 0.0194. The van der Waals surface area contributed by atoms with Crippen LogP contribution in [0.25, 0.3) is 0 Å². The fourth-order valence-corrected chi connectivity index (χ4v) is 8.67. The van der Waals surface area contributed by atoms with Crippen LogP contribution in [0.1, 0.15) is 232 Å². The Morgan fingerprint density at radius 3 is 1.43 bits per heavy atom. The molecule has 0 aromatic heterocycles. The highest BCUT2D eigenvalue weighted by Gasteiger charge is 2.48. The summed E-state index contributed by atoms with van der Waals surface area (Å²) in [5, 5.41) is 44.7. The molecule has 0 aliphatic carbocycles. The highest BCUT2D eigenvalue weighted by atomic mass is 32.3. The van der Waals surface area contributed by atoms with Crippen molar-refractivity contribution in [1.82, 2.24) is 5.32 Å². The maximum Gasteiger partial charge on any atom is 0.397 e. The minimum absolute atomic E-state index is 0.259. The van der Waals surface area contributed by atoms with E-state index in [0.717, 1.165) is 38.5 Å². The Morgan fingerprint density at radius 1 is 0.639 bits per heavy atom. The minimum atomic E-state index is -5.08. The molecule has 0 radical (unpaired) electrons. The van der Waals surface area contributed by atoms with Crippen LogP contribution in [0.2, 0.25) is 0 Å². The van der Waals surface area contributed by atoms with E-state index in [4.69, 9.17) is 9.47 Å². The second kappa shape index (κ2) is 39.2. The predicted octanol–water partition coefficient (Wildman–Crippen LogP) is 10.3. The molecule has 1 heterocycles. The zero-order valence-corrected chi connectivity index (χ0v) is 39.6. The molecule has 0 saturated carbocycles. The monoisotopic (exact) mass is 892 g/mol. The number of nitrogens with one attached hydrogen (secondary N) is 1. The van der Waals surface area contributed by atoms with Crippen molar-refractivity contribution in [3.63, 3.8) is 0 Å². The summed E-state index contributed by atoms with van der Waals surface area (Å²) in [6, 6.07) is -0.938. The van der Waals surface area contributed by atoms with Crippen molar-refractivity contribution in [2.24, 2.45) is 0 Å². The zero-order valence-electron chi connectivity index (χ0n) is 38.7. The predicted molar refractivity (Wildman–Crippen MR) is 246 cm³/mol. The molecule has 0 spiro atoms. The van der Waals surface area contributed by atoms with Crippen molar-refractivity contribution in [1.29, 1.82) is 0 Å². The molecule has 12 nitrogen and oxygen atoms in total. The molecule has 13 heteroatoms. The fourth-order valence-electron chi connectivity index (χ4n) is 8.16. The molecule has 1 aliphatic rings. The molecule has 0 aromatic carbocycles. The van der Waals surface area contributed by atoms with Gasteiger partial charge in [-0.3, -0.25) is 9.35 Å². The van der Waals surface area contributed by atoms with Crippen LogP contribution in [0.4, 0.5) is 0 Å². The number of carbonyl (C=O) groups is 1. The smallest absolute Gasteiger partial charge is 0.394 e. The summed E-state index contributed by atoms with van der Waals surface area (Å²) in [6.45, 7) is 3.40. The SMILES string of the molecule is CCCCCCCCCCCCC/C=C/[C@@H](O)[C@H](COC1O[C@H](CO)[C@H](O)[C@H](OS(=O)(=O)O)[C@H]1O)NC(=O)CCCCCCCCCCCCCCCCCCCCCCC. The number of carbonyl (C=O) groups excluding carboxylic acids is 1. The molecule has 61 heavy (non-hydrogen) atoms. The molecular weight excluding hydrogens is 799 g/mol. The summed E-state index contributed by atoms with van der Waals surface area (Å²) in [4.78, 5) is 13.1. The molecule has 6 N–H and O–H groups in total. The topological polar surface area (TPSA) is 192 Å². The average Bonchev–Trinajstić information content (AvgIpc) is 3.23. The second-order valence-corrected chi connectivity index (χ2v) is 18.8. The van der Waals surface area contributed by atoms with Crippen molar-refractivity contribution >= 4 is 16.3 Å². The van der Waals surface area contributed by atoms with Gasteiger partial charge in [-0.05, 0) is 19.3 Å². The molecule has 1 amide bonds. The Labute approximate surface area is 372 Å². The lowest BCUT2D eigenvalue weighted by molar-refractivity contribution is -0.298. The minimum Gasteiger partial charge on any atom is -0.394 e. The van der Waals surface area contributed by atoms with Crippen LogP contribution in [0.15, 0.2) is 12.2 Å². The Bertz CT molecular complexity index is 1140. The van der Waals surface area contributed by atoms with E-state index in [2.05, 4.69) is 23.3 Å². The van der Waals surface area contributed by atoms with E-state index in [9.17, 15) is 38.2 Å². The van der Waals surface area contributed by atoms with E-state index in [-0.39, 0.29) is 18.9 Å². The van der Waals surface area contributed by atoms with E-state index in [1.165, 1.54) is 167 Å². The van der Waals surface area contributed by atoms with E-state index in [0.29, 0.717) is 6.42 Å². The number of hydrogen-bond acceptors (Lipinski definition) is 10. The molecule has 7 atom stereocenters. The van der Waals surface area contributed by atoms with Gasteiger partial charge >= 0.3 is 10.4 Å². The van der Waals surface area contributed by atoms with Crippen LogP contribution >= 0.6 is 0 Å². The van der Waals surface area contributed by atoms with Gasteiger partial charge in [0.25, 0.3) is 0 Å². The lowest BCUT2D eigenvalue weighted by Gasteiger charge is -2.41. The first kappa shape index (κ1) is 57.9. The van der Waals surface area contributed by atoms with Crippen LogP contribution < -0.4 is 5.32 Å². The third kappa shape index (κ3) is 32.2. The Kier molecular flexibility index (Phi) is 37.2. The van der Waals surface area contributed by atoms with Crippen molar-refractivity contribution < 1.29 is 51.8 Å². The van der Waals surface area contributed by atoms with E-state index < -0.39 is 59.9 Å². The first-order valence-corrected chi connectivity index (χ1v) is 26.4. The maximum absolute atomic E-state index is 13.1. The number of hydrogen-bond donors (Lipinski definition) is 6. The molecule has 362 valence electrons. The number of aliphatic hydroxyl groups is 4. The number of rotatable bonds is 43. The Morgan fingerprint density at radius 2 is 1.03 bits per heavy atom. The van der Waals surface area contributed by atoms with Crippen LogP contribution in [-0.4, -0.2) is 95.4 Å². The van der Waals surface area contributed by atoms with Gasteiger partial charge in [0.1, 0.15) is 24.4 Å². The maximum atomic E-state index is 13.1. The van der Waals surface area contributed by atoms with Gasteiger partial charge in [0.15, 0.2) is 6.29 Å². The second-order valence-electron chi connectivity index (χ2n) is 17.8. The van der Waals surface area contributed by atoms with Gasteiger partial charge in [-0.1, -0.05) is 219 Å². The van der Waals surface area contributed by atoms with Gasteiger partial charge in [-0.15, -0.1) is 0 Å². The van der Waals surface area contributed by atoms with Gasteiger partial charge in [-0.2, -0.15) is 8.42 Å². The summed E-state index contributed by atoms with van der Waals surface area (Å²) in [6.07, 6.45) is 35.4. The molecule has 1 fully saturated rings. The Balaban J connectivity index is 2.42. The number of ether oxygens (including phenoxy) is 2. The lowest BCUT2D eigenvalue weighted by Crippen LogP contribution is -2.61. The molecule has 1 saturated heterocycles. The first-order chi connectivity index (χ1) is 29.5. The molecule has 1 aliphatic heterocycles. The third-order valence-corrected chi connectivity index (χ3v) is 12.5. The molecule has 1 rings (SSSR count). The van der Waals surface area contributed by atoms with Crippen molar-refractivity contribution in [2.45, 2.75) is 275 Å². The highest BCUT2D eigenvalue weighted by molar-refractivity contribution is 7.80. The van der Waals surface area contributed by atoms with Gasteiger partial charge in [0.05, 0.1) is 25.4 Å². The normalized spacial score (nSPS) is 20.7. The number of aliphatic hydroxyl groups excluding tert-OH is 4. The summed E-state index contributed by atoms with van der Waals surface area (Å²) >= 11 is 0. The fraction of sp³-hybridized carbons (Fsp3) is 0.938. The number of amides is 1. The van der Waals surface area contributed by atoms with E-state index in [1.54, 1.807) is 6.08 Å². The molecule has 0 aromatic rings. The largest absolute Gasteiger partial charge is 0.397 e. The summed E-state index contributed by atoms with van der Waals surface area (Å²) < 4.78 is 47.6. The molecular formula is C48H93NO11S. The van der Waals surface area contributed by atoms with Gasteiger partial charge in [-0.25, -0.2) is 4.18 Å². The first-order valence-electron chi connectivity index (χ1n) is 25.1. The molecule has 0 bridgehead atoms. The summed E-state index contributed by atoms with van der Waals surface area (Å²) in [5.74, 6) is -0.259. The van der Waals surface area contributed by atoms with Gasteiger partial charge < -0.3 is 35.2 Å². The zero-order chi connectivity index (χ0) is 44.8. The van der Waals surface area contributed by atoms with Crippen molar-refractivity contribution in [3.05, 3.63) is 12.2 Å². The van der Waals surface area contributed by atoms with Gasteiger partial charge in [0, 0.05) is 6.42 Å². The van der Waals surface area contributed by atoms with E-state index in [1.807, 2.05) is 6.08 Å². The standard InChI is InChI=1S/C48H93NO11S/c1-3-5-7-9-11-13-15-17-18-19-20-21-22-23-24-26-28-30-32-34-36-38-44(52)49-41(42(51)37-35-33-31-29-27-25-16-14-12-10-8-6-4-2)40-58-48-46(54)47(60-61(55,56)57)45(53)43(39-50)59-48/h35,37,41-43,45-48,50-51,53-54H,3-34,36,38-40H2,1-2H3,(H,49,52)(H,55,56,57)/b37-35+/t41-,42+,43+,45-,46+,47-,48?/m0/s1. The average molecular weight is 892 g/mol. The number of unbranched alkanes of at least 4 members (excludes halogenated alkanes) is 31. The van der Waals surface area contributed by atoms with Crippen LogP contribution in [0.3, 0.4) is 0 Å². The van der Waals surface area contributed by atoms with Crippen molar-refractivity contribution in [3.8, 4) is 0 Å². The van der Waals surface area contributed by atoms with Crippen LogP contribution in [0.5, 0.6) is 0 Å². The lowest BCUT2D eigenvalue weighted by atomic mass is 9.99. The highest BCUT2D eigenvalue weighted by Crippen LogP contribution is 2.26. The van der Waals surface area contributed by atoms with Crippen LogP contribution in [0, 0.1) is 0 Å². The van der Waals surface area contributed by atoms with Crippen LogP contribution in [-0.2, 0) is 28.9 Å². The van der Waals surface area contributed by atoms with Gasteiger partial charge in [0.2, 0.25) is 5.91 Å². The summed E-state index contributed by atoms with van der Waals surface area (Å²) in [5.41, 5.74) is 0. The van der Waals surface area contributed by atoms with E-state index >= 15 is 0 Å². The Hall–Kier alpha value is -1.16. The molecule has 1 unspecified atom stereocenters.